The number of nitrogens with one attached hydrogen (secondary N) is 1. The van der Waals surface area contributed by atoms with Gasteiger partial charge in [-0.15, -0.1) is 0 Å². The number of rotatable bonds is 3. The lowest BCUT2D eigenvalue weighted by Gasteiger charge is -2.08. The first-order chi connectivity index (χ1) is 10.1. The maximum Gasteiger partial charge on any atom is 0.293 e. The van der Waals surface area contributed by atoms with Crippen molar-refractivity contribution in [3.63, 3.8) is 0 Å². The topological polar surface area (TPSA) is 68.1 Å². The Kier molecular flexibility index (Phi) is 3.53. The van der Waals surface area contributed by atoms with Gasteiger partial charge in [-0.05, 0) is 24.3 Å². The zero-order valence-electron chi connectivity index (χ0n) is 10.8. The number of aromatic nitrogens is 1. The normalized spacial score (nSPS) is 10.5. The zero-order chi connectivity index (χ0) is 14.8. The fourth-order valence-electron chi connectivity index (χ4n) is 2.06. The van der Waals surface area contributed by atoms with E-state index in [-0.39, 0.29) is 5.69 Å². The van der Waals surface area contributed by atoms with Crippen molar-refractivity contribution in [2.24, 2.45) is 0 Å². The van der Waals surface area contributed by atoms with Crippen LogP contribution in [-0.4, -0.2) is 9.91 Å². The maximum atomic E-state index is 11.1. The van der Waals surface area contributed by atoms with Crippen LogP contribution in [0.2, 0.25) is 0 Å². The van der Waals surface area contributed by atoms with Crippen molar-refractivity contribution in [2.45, 2.75) is 0 Å². The van der Waals surface area contributed by atoms with Crippen molar-refractivity contribution in [1.29, 1.82) is 0 Å². The number of nitro benzene ring substituents is 1. The molecule has 0 aliphatic carbocycles. The number of hydrogen-bond acceptors (Lipinski definition) is 4. The van der Waals surface area contributed by atoms with Crippen LogP contribution in [0.1, 0.15) is 0 Å². The average Bonchev–Trinajstić information content (AvgIpc) is 2.49. The summed E-state index contributed by atoms with van der Waals surface area (Å²) < 4.78 is 0.663. The molecule has 0 saturated heterocycles. The molecule has 0 spiro atoms. The molecule has 3 aromatic rings. The summed E-state index contributed by atoms with van der Waals surface area (Å²) in [5.74, 6) is 0. The molecule has 0 aliphatic heterocycles. The maximum absolute atomic E-state index is 11.1. The van der Waals surface area contributed by atoms with Crippen molar-refractivity contribution in [2.75, 3.05) is 5.32 Å². The molecule has 6 heteroatoms. The van der Waals surface area contributed by atoms with Crippen molar-refractivity contribution in [3.8, 4) is 0 Å². The highest BCUT2D eigenvalue weighted by atomic mass is 79.9. The predicted octanol–water partition coefficient (Wildman–Crippen LogP) is 4.65. The molecule has 1 heterocycles. The zero-order valence-corrected chi connectivity index (χ0v) is 12.4. The Balaban J connectivity index is 2.00. The van der Waals surface area contributed by atoms with Gasteiger partial charge >= 0.3 is 0 Å². The lowest BCUT2D eigenvalue weighted by atomic mass is 10.2. The molecule has 0 fully saturated rings. The number of nitro groups is 1. The molecule has 0 aliphatic rings. The first-order valence-electron chi connectivity index (χ1n) is 6.19. The highest BCUT2D eigenvalue weighted by Gasteiger charge is 2.14. The van der Waals surface area contributed by atoms with Gasteiger partial charge < -0.3 is 5.32 Å². The number of nitrogens with zero attached hydrogens (tertiary/aromatic N) is 2. The Hall–Kier alpha value is -2.47. The van der Waals surface area contributed by atoms with E-state index in [0.29, 0.717) is 15.8 Å². The molecule has 0 radical (unpaired) electrons. The van der Waals surface area contributed by atoms with E-state index in [1.165, 1.54) is 6.07 Å². The molecular formula is C15H10BrN3O2. The quantitative estimate of drug-likeness (QED) is 0.555. The second-order valence-corrected chi connectivity index (χ2v) is 5.38. The number of fused-ring (bicyclic) bond motifs is 1. The van der Waals surface area contributed by atoms with E-state index in [2.05, 4.69) is 26.2 Å². The SMILES string of the molecule is O=[N+]([O-])c1cc(Br)ccc1Nc1cnc2ccccc2c1. The lowest BCUT2D eigenvalue weighted by molar-refractivity contribution is -0.384. The molecule has 5 nitrogen and oxygen atoms in total. The molecule has 21 heavy (non-hydrogen) atoms. The molecular weight excluding hydrogens is 334 g/mol. The van der Waals surface area contributed by atoms with Crippen LogP contribution >= 0.6 is 15.9 Å². The standard InChI is InChI=1S/C15H10BrN3O2/c16-11-5-6-14(15(8-11)19(20)21)18-12-7-10-3-1-2-4-13(10)17-9-12/h1-9,18H. The Labute approximate surface area is 128 Å². The summed E-state index contributed by atoms with van der Waals surface area (Å²) in [5.41, 5.74) is 2.03. The van der Waals surface area contributed by atoms with E-state index in [0.717, 1.165) is 10.9 Å². The van der Waals surface area contributed by atoms with Crippen LogP contribution in [-0.2, 0) is 0 Å². The number of halogens is 1. The van der Waals surface area contributed by atoms with Crippen LogP contribution in [0, 0.1) is 10.1 Å². The van der Waals surface area contributed by atoms with E-state index in [4.69, 9.17) is 0 Å². The second-order valence-electron chi connectivity index (χ2n) is 4.46. The minimum absolute atomic E-state index is 0.0116. The number of pyridine rings is 1. The van der Waals surface area contributed by atoms with Crippen molar-refractivity contribution >= 4 is 43.9 Å². The molecule has 0 atom stereocenters. The second kappa shape index (κ2) is 5.49. The Morgan fingerprint density at radius 2 is 1.95 bits per heavy atom. The molecule has 104 valence electrons. The third kappa shape index (κ3) is 2.85. The molecule has 3 rings (SSSR count). The van der Waals surface area contributed by atoms with Gasteiger partial charge in [0.05, 0.1) is 22.3 Å². The van der Waals surface area contributed by atoms with Gasteiger partial charge in [0.2, 0.25) is 0 Å². The van der Waals surface area contributed by atoms with E-state index < -0.39 is 4.92 Å². The first kappa shape index (κ1) is 13.5. The number of para-hydroxylation sites is 1. The summed E-state index contributed by atoms with van der Waals surface area (Å²) in [6.07, 6.45) is 1.66. The predicted molar refractivity (Wildman–Crippen MR) is 85.8 cm³/mol. The molecule has 2 aromatic carbocycles. The van der Waals surface area contributed by atoms with Gasteiger partial charge in [0, 0.05) is 15.9 Å². The monoisotopic (exact) mass is 343 g/mol. The summed E-state index contributed by atoms with van der Waals surface area (Å²) in [6, 6.07) is 14.5. The van der Waals surface area contributed by atoms with E-state index in [1.54, 1.807) is 18.3 Å². The fourth-order valence-corrected chi connectivity index (χ4v) is 2.41. The minimum atomic E-state index is -0.415. The van der Waals surface area contributed by atoms with Crippen molar-refractivity contribution in [3.05, 3.63) is 69.3 Å². The fraction of sp³-hybridized carbons (Fsp3) is 0. The average molecular weight is 344 g/mol. The lowest BCUT2D eigenvalue weighted by Crippen LogP contribution is -1.97. The highest BCUT2D eigenvalue weighted by Crippen LogP contribution is 2.30. The van der Waals surface area contributed by atoms with Crippen LogP contribution < -0.4 is 5.32 Å². The van der Waals surface area contributed by atoms with Gasteiger partial charge in [-0.1, -0.05) is 34.1 Å². The van der Waals surface area contributed by atoms with Crippen molar-refractivity contribution in [1.82, 2.24) is 4.98 Å². The third-order valence-electron chi connectivity index (χ3n) is 3.03. The number of anilines is 2. The van der Waals surface area contributed by atoms with E-state index in [1.807, 2.05) is 30.3 Å². The van der Waals surface area contributed by atoms with Gasteiger partial charge in [0.15, 0.2) is 0 Å². The minimum Gasteiger partial charge on any atom is -0.349 e. The van der Waals surface area contributed by atoms with Gasteiger partial charge in [-0.3, -0.25) is 15.1 Å². The number of hydrogen-bond donors (Lipinski definition) is 1. The van der Waals surface area contributed by atoms with Gasteiger partial charge in [0.1, 0.15) is 5.69 Å². The molecule has 1 aromatic heterocycles. The molecule has 0 bridgehead atoms. The highest BCUT2D eigenvalue weighted by molar-refractivity contribution is 9.10. The van der Waals surface area contributed by atoms with Crippen LogP contribution in [0.5, 0.6) is 0 Å². The smallest absolute Gasteiger partial charge is 0.293 e. The van der Waals surface area contributed by atoms with Crippen LogP contribution in [0.3, 0.4) is 0 Å². The summed E-state index contributed by atoms with van der Waals surface area (Å²) in [5, 5.41) is 15.1. The summed E-state index contributed by atoms with van der Waals surface area (Å²) in [6.45, 7) is 0. The van der Waals surface area contributed by atoms with Gasteiger partial charge in [-0.2, -0.15) is 0 Å². The summed E-state index contributed by atoms with van der Waals surface area (Å²) in [7, 11) is 0. The summed E-state index contributed by atoms with van der Waals surface area (Å²) >= 11 is 3.24. The first-order valence-corrected chi connectivity index (χ1v) is 6.98. The van der Waals surface area contributed by atoms with Crippen LogP contribution in [0.25, 0.3) is 10.9 Å². The van der Waals surface area contributed by atoms with Gasteiger partial charge in [-0.25, -0.2) is 0 Å². The van der Waals surface area contributed by atoms with Crippen molar-refractivity contribution < 1.29 is 4.92 Å². The molecule has 1 N–H and O–H groups in total. The Bertz CT molecular complexity index is 836. The van der Waals surface area contributed by atoms with Crippen LogP contribution in [0.4, 0.5) is 17.1 Å². The Morgan fingerprint density at radius 1 is 1.14 bits per heavy atom. The van der Waals surface area contributed by atoms with E-state index >= 15 is 0 Å². The molecule has 0 saturated carbocycles. The third-order valence-corrected chi connectivity index (χ3v) is 3.52. The molecule has 0 amide bonds. The molecule has 0 unspecified atom stereocenters. The van der Waals surface area contributed by atoms with E-state index in [9.17, 15) is 10.1 Å². The van der Waals surface area contributed by atoms with Crippen LogP contribution in [0.15, 0.2) is 59.2 Å². The number of benzene rings is 2. The largest absolute Gasteiger partial charge is 0.349 e. The summed E-state index contributed by atoms with van der Waals surface area (Å²) in [4.78, 5) is 15.0. The Morgan fingerprint density at radius 3 is 2.76 bits per heavy atom. The van der Waals surface area contributed by atoms with Gasteiger partial charge in [0.25, 0.3) is 5.69 Å².